The highest BCUT2D eigenvalue weighted by Crippen LogP contribution is 2.23. The molecule has 12 heteroatoms. The molecule has 150 valence electrons. The molecule has 0 aliphatic rings. The van der Waals surface area contributed by atoms with Crippen LogP contribution in [0.5, 0.6) is 0 Å². The van der Waals surface area contributed by atoms with Gasteiger partial charge in [-0.1, -0.05) is 11.6 Å². The number of hydrogen-bond acceptors (Lipinski definition) is 5. The zero-order chi connectivity index (χ0) is 20.5. The number of H-pyrrole nitrogens is 1. The van der Waals surface area contributed by atoms with Crippen molar-refractivity contribution < 1.29 is 18.3 Å². The Morgan fingerprint density at radius 2 is 1.93 bits per heavy atom. The van der Waals surface area contributed by atoms with Gasteiger partial charge in [0, 0.05) is 17.1 Å². The first-order valence-corrected chi connectivity index (χ1v) is 8.61. The van der Waals surface area contributed by atoms with Crippen LogP contribution in [-0.4, -0.2) is 40.8 Å². The number of nitrogens with one attached hydrogen (secondary N) is 1. The monoisotopic (exact) mass is 416 g/mol. The fraction of sp³-hybridized carbons (Fsp3) is 0.375. The first-order chi connectivity index (χ1) is 13.1. The maximum Gasteiger partial charge on any atom is 0.390 e. The van der Waals surface area contributed by atoms with Gasteiger partial charge in [0.2, 0.25) is 0 Å². The van der Waals surface area contributed by atoms with Gasteiger partial charge >= 0.3 is 11.9 Å². The van der Waals surface area contributed by atoms with Crippen molar-refractivity contribution in [3.63, 3.8) is 0 Å². The van der Waals surface area contributed by atoms with Crippen LogP contribution in [0, 0.1) is 0 Å². The summed E-state index contributed by atoms with van der Waals surface area (Å²) in [5.74, 6) is 0.528. The molecule has 0 fully saturated rings. The molecule has 1 aromatic carbocycles. The van der Waals surface area contributed by atoms with E-state index in [9.17, 15) is 23.1 Å². The summed E-state index contributed by atoms with van der Waals surface area (Å²) in [7, 11) is 0. The molecule has 3 aromatic rings. The SMILES string of the molecule is CC(O)c1nnc(Cn2nc(-c3ccc(Cl)cc3)n(CCC(F)(F)F)c2=O)[nH]1. The summed E-state index contributed by atoms with van der Waals surface area (Å²) < 4.78 is 40.0. The molecule has 8 nitrogen and oxygen atoms in total. The average molecular weight is 417 g/mol. The van der Waals surface area contributed by atoms with Crippen LogP contribution in [-0.2, 0) is 13.1 Å². The van der Waals surface area contributed by atoms with Crippen molar-refractivity contribution in [2.24, 2.45) is 0 Å². The van der Waals surface area contributed by atoms with E-state index in [0.29, 0.717) is 10.6 Å². The number of rotatable bonds is 6. The molecule has 0 aliphatic heterocycles. The van der Waals surface area contributed by atoms with Crippen LogP contribution in [0.4, 0.5) is 13.2 Å². The van der Waals surface area contributed by atoms with E-state index in [1.807, 2.05) is 0 Å². The molecule has 2 heterocycles. The van der Waals surface area contributed by atoms with Gasteiger partial charge in [-0.05, 0) is 31.2 Å². The molecule has 0 aliphatic carbocycles. The van der Waals surface area contributed by atoms with Crippen molar-refractivity contribution in [3.05, 3.63) is 51.4 Å². The maximum absolute atomic E-state index is 12.7. The number of halogens is 4. The van der Waals surface area contributed by atoms with E-state index in [0.717, 1.165) is 9.25 Å². The number of alkyl halides is 3. The number of nitrogens with zero attached hydrogens (tertiary/aromatic N) is 5. The molecule has 28 heavy (non-hydrogen) atoms. The molecule has 2 N–H and O–H groups in total. The predicted octanol–water partition coefficient (Wildman–Crippen LogP) is 2.54. The minimum Gasteiger partial charge on any atom is -0.385 e. The van der Waals surface area contributed by atoms with Crippen molar-refractivity contribution in [2.45, 2.75) is 38.7 Å². The summed E-state index contributed by atoms with van der Waals surface area (Å²) in [5, 5.41) is 21.6. The Kier molecular flexibility index (Phi) is 5.57. The lowest BCUT2D eigenvalue weighted by Gasteiger charge is -2.08. The summed E-state index contributed by atoms with van der Waals surface area (Å²) in [6, 6.07) is 6.25. The maximum atomic E-state index is 12.7. The Balaban J connectivity index is 1.98. The van der Waals surface area contributed by atoms with Gasteiger partial charge < -0.3 is 10.1 Å². The Morgan fingerprint density at radius 3 is 2.50 bits per heavy atom. The lowest BCUT2D eigenvalue weighted by Crippen LogP contribution is -2.27. The Bertz CT molecular complexity index is 1010. The average Bonchev–Trinajstić information content (AvgIpc) is 3.19. The van der Waals surface area contributed by atoms with E-state index in [1.54, 1.807) is 24.3 Å². The number of hydrogen-bond donors (Lipinski definition) is 2. The largest absolute Gasteiger partial charge is 0.390 e. The van der Waals surface area contributed by atoms with Gasteiger partial charge in [0.1, 0.15) is 12.6 Å². The van der Waals surface area contributed by atoms with Gasteiger partial charge in [0.05, 0.1) is 6.42 Å². The smallest absolute Gasteiger partial charge is 0.385 e. The Labute approximate surface area is 161 Å². The summed E-state index contributed by atoms with van der Waals surface area (Å²) in [6.45, 7) is 0.773. The van der Waals surface area contributed by atoms with Crippen molar-refractivity contribution in [1.29, 1.82) is 0 Å². The molecule has 0 amide bonds. The molecule has 3 rings (SSSR count). The van der Waals surface area contributed by atoms with Crippen LogP contribution in [0.15, 0.2) is 29.1 Å². The third-order valence-corrected chi connectivity index (χ3v) is 4.14. The molecule has 2 aromatic heterocycles. The predicted molar refractivity (Wildman–Crippen MR) is 93.7 cm³/mol. The first-order valence-electron chi connectivity index (χ1n) is 8.24. The van der Waals surface area contributed by atoms with E-state index in [1.165, 1.54) is 6.92 Å². The second-order valence-electron chi connectivity index (χ2n) is 6.12. The van der Waals surface area contributed by atoms with Crippen molar-refractivity contribution in [1.82, 2.24) is 29.5 Å². The standard InChI is InChI=1S/C16H16ClF3N6O2/c1-9(27)13-21-12(22-23-13)8-26-15(28)25(7-6-16(18,19)20)14(24-26)10-2-4-11(17)5-3-10/h2-5,9,27H,6-8H2,1H3,(H,21,22,23). The summed E-state index contributed by atoms with van der Waals surface area (Å²) in [5.41, 5.74) is -0.270. The second kappa shape index (κ2) is 7.76. The van der Waals surface area contributed by atoms with E-state index in [2.05, 4.69) is 20.3 Å². The van der Waals surface area contributed by atoms with Gasteiger partial charge in [-0.3, -0.25) is 4.57 Å². The van der Waals surface area contributed by atoms with Crippen molar-refractivity contribution in [3.8, 4) is 11.4 Å². The van der Waals surface area contributed by atoms with Crippen LogP contribution in [0.2, 0.25) is 5.02 Å². The zero-order valence-corrected chi connectivity index (χ0v) is 15.4. The molecule has 1 atom stereocenters. The van der Waals surface area contributed by atoms with E-state index < -0.39 is 30.9 Å². The van der Waals surface area contributed by atoms with Crippen LogP contribution in [0.1, 0.15) is 31.1 Å². The number of aliphatic hydroxyl groups excluding tert-OH is 1. The fourth-order valence-electron chi connectivity index (χ4n) is 2.51. The number of aromatic amines is 1. The highest BCUT2D eigenvalue weighted by atomic mass is 35.5. The van der Waals surface area contributed by atoms with Crippen LogP contribution >= 0.6 is 11.6 Å². The Morgan fingerprint density at radius 1 is 1.25 bits per heavy atom. The van der Waals surface area contributed by atoms with E-state index in [4.69, 9.17) is 11.6 Å². The van der Waals surface area contributed by atoms with Gasteiger partial charge in [0.25, 0.3) is 0 Å². The van der Waals surface area contributed by atoms with Crippen LogP contribution in [0.3, 0.4) is 0 Å². The van der Waals surface area contributed by atoms with E-state index in [-0.39, 0.29) is 24.0 Å². The lowest BCUT2D eigenvalue weighted by molar-refractivity contribution is -0.136. The minimum absolute atomic E-state index is 0.0844. The number of aromatic nitrogens is 6. The summed E-state index contributed by atoms with van der Waals surface area (Å²) in [6.07, 6.45) is -6.48. The number of aliphatic hydroxyl groups is 1. The van der Waals surface area contributed by atoms with Gasteiger partial charge in [-0.25, -0.2) is 9.48 Å². The molecular formula is C16H16ClF3N6O2. The fourth-order valence-corrected chi connectivity index (χ4v) is 2.64. The summed E-state index contributed by atoms with van der Waals surface area (Å²) >= 11 is 5.85. The molecule has 0 bridgehead atoms. The van der Waals surface area contributed by atoms with Gasteiger partial charge in [-0.15, -0.1) is 15.3 Å². The molecular weight excluding hydrogens is 401 g/mol. The quantitative estimate of drug-likeness (QED) is 0.643. The molecule has 0 saturated heterocycles. The first kappa shape index (κ1) is 20.1. The van der Waals surface area contributed by atoms with Crippen LogP contribution in [0.25, 0.3) is 11.4 Å². The highest BCUT2D eigenvalue weighted by Gasteiger charge is 2.28. The normalized spacial score (nSPS) is 13.1. The molecule has 0 spiro atoms. The van der Waals surface area contributed by atoms with Gasteiger partial charge in [0.15, 0.2) is 17.5 Å². The van der Waals surface area contributed by atoms with Gasteiger partial charge in [-0.2, -0.15) is 13.2 Å². The van der Waals surface area contributed by atoms with Crippen LogP contribution < -0.4 is 5.69 Å². The highest BCUT2D eigenvalue weighted by molar-refractivity contribution is 6.30. The third kappa shape index (κ3) is 4.60. The molecule has 0 radical (unpaired) electrons. The molecule has 1 unspecified atom stereocenters. The third-order valence-electron chi connectivity index (χ3n) is 3.89. The zero-order valence-electron chi connectivity index (χ0n) is 14.6. The molecule has 0 saturated carbocycles. The van der Waals surface area contributed by atoms with Crippen molar-refractivity contribution in [2.75, 3.05) is 0 Å². The Hall–Kier alpha value is -2.66. The minimum atomic E-state index is -4.42. The van der Waals surface area contributed by atoms with E-state index >= 15 is 0 Å². The lowest BCUT2D eigenvalue weighted by atomic mass is 10.2. The van der Waals surface area contributed by atoms with Crippen molar-refractivity contribution >= 4 is 11.6 Å². The topological polar surface area (TPSA) is 102 Å². The number of benzene rings is 1. The second-order valence-corrected chi connectivity index (χ2v) is 6.56. The summed E-state index contributed by atoms with van der Waals surface area (Å²) in [4.78, 5) is 15.4.